The van der Waals surface area contributed by atoms with E-state index in [2.05, 4.69) is 6.92 Å². The van der Waals surface area contributed by atoms with Gasteiger partial charge in [-0.3, -0.25) is 4.55 Å². The molecule has 0 bridgehead atoms. The van der Waals surface area contributed by atoms with Gasteiger partial charge in [-0.2, -0.15) is 8.42 Å². The molecular weight excluding hydrogens is 188 g/mol. The van der Waals surface area contributed by atoms with Crippen molar-refractivity contribution in [3.8, 4) is 0 Å². The minimum atomic E-state index is -4.11. The van der Waals surface area contributed by atoms with Crippen molar-refractivity contribution in [3.05, 3.63) is 43.2 Å². The largest absolute Gasteiger partial charge is 0.294 e. The molecule has 0 aromatic heterocycles. The van der Waals surface area contributed by atoms with Gasteiger partial charge in [0.2, 0.25) is 0 Å². The summed E-state index contributed by atoms with van der Waals surface area (Å²) in [5, 5.41) is 0. The lowest BCUT2D eigenvalue weighted by atomic mass is 10.1. The molecule has 2 radical (unpaired) electrons. The Kier molecular flexibility index (Phi) is 3.06. The lowest BCUT2D eigenvalue weighted by Gasteiger charge is -2.03. The van der Waals surface area contributed by atoms with Gasteiger partial charge in [0.1, 0.15) is 0 Å². The molecule has 0 aliphatic heterocycles. The molecule has 1 rings (SSSR count). The fourth-order valence-corrected chi connectivity index (χ4v) is 1.74. The van der Waals surface area contributed by atoms with E-state index in [1.54, 1.807) is 24.6 Å². The minimum absolute atomic E-state index is 0.0707. The van der Waals surface area contributed by atoms with Gasteiger partial charge < -0.3 is 0 Å². The van der Waals surface area contributed by atoms with E-state index in [0.29, 0.717) is 12.0 Å². The molecule has 13 heavy (non-hydrogen) atoms. The van der Waals surface area contributed by atoms with Gasteiger partial charge in [0.05, 0.1) is 4.90 Å². The predicted molar refractivity (Wildman–Crippen MR) is 49.6 cm³/mol. The summed E-state index contributed by atoms with van der Waals surface area (Å²) in [6, 6.07) is 6.24. The first kappa shape index (κ1) is 10.2. The van der Waals surface area contributed by atoms with Gasteiger partial charge >= 0.3 is 0 Å². The van der Waals surface area contributed by atoms with Gasteiger partial charge in [0.25, 0.3) is 10.1 Å². The molecule has 4 heteroatoms. The second-order valence-electron chi connectivity index (χ2n) is 2.51. The van der Waals surface area contributed by atoms with Crippen molar-refractivity contribution >= 4 is 10.1 Å². The van der Waals surface area contributed by atoms with E-state index in [1.165, 1.54) is 6.07 Å². The Morgan fingerprint density at radius 1 is 1.38 bits per heavy atom. The van der Waals surface area contributed by atoms with Crippen LogP contribution in [0.25, 0.3) is 0 Å². The second kappa shape index (κ2) is 3.89. The van der Waals surface area contributed by atoms with Crippen LogP contribution >= 0.6 is 0 Å². The minimum Gasteiger partial charge on any atom is -0.282 e. The van der Waals surface area contributed by atoms with E-state index in [-0.39, 0.29) is 4.90 Å². The van der Waals surface area contributed by atoms with E-state index in [9.17, 15) is 8.42 Å². The van der Waals surface area contributed by atoms with Crippen LogP contribution in [0.3, 0.4) is 0 Å². The van der Waals surface area contributed by atoms with E-state index in [4.69, 9.17) is 4.55 Å². The zero-order valence-corrected chi connectivity index (χ0v) is 7.79. The number of hydrogen-bond acceptors (Lipinski definition) is 2. The van der Waals surface area contributed by atoms with Crippen molar-refractivity contribution in [2.24, 2.45) is 0 Å². The van der Waals surface area contributed by atoms with Crippen LogP contribution in [0, 0.1) is 13.3 Å². The van der Waals surface area contributed by atoms with E-state index in [0.717, 1.165) is 0 Å². The molecule has 0 fully saturated rings. The topological polar surface area (TPSA) is 54.4 Å². The first-order chi connectivity index (χ1) is 6.05. The third kappa shape index (κ3) is 2.54. The summed E-state index contributed by atoms with van der Waals surface area (Å²) >= 11 is 0. The average Bonchev–Trinajstić information content (AvgIpc) is 2.04. The fraction of sp³-hybridized carbons (Fsp3) is 0.111. The van der Waals surface area contributed by atoms with Gasteiger partial charge in [0, 0.05) is 0 Å². The molecule has 0 spiro atoms. The summed E-state index contributed by atoms with van der Waals surface area (Å²) in [5.74, 6) is 0. The molecule has 0 atom stereocenters. The number of hydrogen-bond donors (Lipinski definition) is 1. The predicted octanol–water partition coefficient (Wildman–Crippen LogP) is 1.71. The molecule has 1 aromatic carbocycles. The van der Waals surface area contributed by atoms with Gasteiger partial charge in [-0.1, -0.05) is 25.1 Å². The quantitative estimate of drug-likeness (QED) is 0.752. The van der Waals surface area contributed by atoms with Crippen molar-refractivity contribution < 1.29 is 13.0 Å². The molecule has 0 saturated heterocycles. The fourth-order valence-electron chi connectivity index (χ4n) is 1.04. The second-order valence-corrected chi connectivity index (χ2v) is 3.90. The van der Waals surface area contributed by atoms with Crippen LogP contribution < -0.4 is 0 Å². The molecule has 70 valence electrons. The van der Waals surface area contributed by atoms with Gasteiger partial charge in [-0.05, 0) is 24.5 Å². The van der Waals surface area contributed by atoms with E-state index in [1.807, 2.05) is 0 Å². The van der Waals surface area contributed by atoms with Crippen molar-refractivity contribution in [1.82, 2.24) is 0 Å². The smallest absolute Gasteiger partial charge is 0.282 e. The van der Waals surface area contributed by atoms with Crippen molar-refractivity contribution in [3.63, 3.8) is 0 Å². The molecule has 3 nitrogen and oxygen atoms in total. The Morgan fingerprint density at radius 2 is 2.00 bits per heavy atom. The monoisotopic (exact) mass is 198 g/mol. The highest BCUT2D eigenvalue weighted by Gasteiger charge is 2.13. The Bertz CT molecular complexity index is 382. The van der Waals surface area contributed by atoms with Crippen LogP contribution in [0.15, 0.2) is 29.2 Å². The molecule has 0 amide bonds. The van der Waals surface area contributed by atoms with E-state index >= 15 is 0 Å². The average molecular weight is 198 g/mol. The molecule has 1 N–H and O–H groups in total. The Balaban J connectivity index is 3.20. The number of rotatable bonds is 3. The molecule has 1 aromatic rings. The van der Waals surface area contributed by atoms with Crippen molar-refractivity contribution in [2.75, 3.05) is 0 Å². The van der Waals surface area contributed by atoms with Gasteiger partial charge in [0.15, 0.2) is 0 Å². The van der Waals surface area contributed by atoms with Crippen molar-refractivity contribution in [2.45, 2.75) is 11.3 Å². The van der Waals surface area contributed by atoms with Crippen molar-refractivity contribution in [1.29, 1.82) is 0 Å². The first-order valence-electron chi connectivity index (χ1n) is 3.74. The van der Waals surface area contributed by atoms with Crippen LogP contribution in [0.4, 0.5) is 0 Å². The SMILES string of the molecule is [CH2]C[CH]c1ccccc1S(=O)(=O)O. The molecule has 0 aliphatic rings. The zero-order valence-electron chi connectivity index (χ0n) is 6.97. The summed E-state index contributed by atoms with van der Waals surface area (Å²) in [6.07, 6.45) is 2.12. The van der Waals surface area contributed by atoms with Crippen LogP contribution in [-0.2, 0) is 10.1 Å². The molecule has 0 aliphatic carbocycles. The Hall–Kier alpha value is -0.870. The van der Waals surface area contributed by atoms with Crippen LogP contribution in [0.5, 0.6) is 0 Å². The van der Waals surface area contributed by atoms with Gasteiger partial charge in [-0.25, -0.2) is 0 Å². The standard InChI is InChI=1S/C9H10O3S/c1-2-5-8-6-3-4-7-9(8)13(10,11)12/h3-7H,1-2H2,(H,10,11,12). The number of benzene rings is 1. The zero-order chi connectivity index (χ0) is 9.90. The molecular formula is C9H10O3S. The third-order valence-electron chi connectivity index (χ3n) is 1.56. The molecule has 0 unspecified atom stereocenters. The van der Waals surface area contributed by atoms with Crippen LogP contribution in [0.1, 0.15) is 12.0 Å². The summed E-state index contributed by atoms with van der Waals surface area (Å²) < 4.78 is 30.5. The van der Waals surface area contributed by atoms with E-state index < -0.39 is 10.1 Å². The Labute approximate surface area is 78.2 Å². The Morgan fingerprint density at radius 3 is 2.54 bits per heavy atom. The maximum Gasteiger partial charge on any atom is 0.294 e. The third-order valence-corrected chi connectivity index (χ3v) is 2.49. The summed E-state index contributed by atoms with van der Waals surface area (Å²) in [4.78, 5) is -0.0707. The summed E-state index contributed by atoms with van der Waals surface area (Å²) in [5.41, 5.74) is 0.486. The summed E-state index contributed by atoms with van der Waals surface area (Å²) in [7, 11) is -4.11. The summed E-state index contributed by atoms with van der Waals surface area (Å²) in [6.45, 7) is 3.57. The molecule has 0 heterocycles. The highest BCUT2D eigenvalue weighted by atomic mass is 32.2. The highest BCUT2D eigenvalue weighted by molar-refractivity contribution is 7.85. The van der Waals surface area contributed by atoms with Crippen LogP contribution in [0.2, 0.25) is 0 Å². The normalized spacial score (nSPS) is 11.5. The van der Waals surface area contributed by atoms with Crippen LogP contribution in [-0.4, -0.2) is 13.0 Å². The molecule has 0 saturated carbocycles. The lowest BCUT2D eigenvalue weighted by Crippen LogP contribution is -2.01. The van der Waals surface area contributed by atoms with Gasteiger partial charge in [-0.15, -0.1) is 0 Å². The lowest BCUT2D eigenvalue weighted by molar-refractivity contribution is 0.482. The highest BCUT2D eigenvalue weighted by Crippen LogP contribution is 2.17. The maximum atomic E-state index is 10.8. The first-order valence-corrected chi connectivity index (χ1v) is 5.18. The maximum absolute atomic E-state index is 10.8.